The van der Waals surface area contributed by atoms with Crippen molar-refractivity contribution in [3.8, 4) is 5.75 Å². The van der Waals surface area contributed by atoms with E-state index >= 15 is 0 Å². The second-order valence-electron chi connectivity index (χ2n) is 5.92. The van der Waals surface area contributed by atoms with Gasteiger partial charge in [-0.3, -0.25) is 19.7 Å². The first-order chi connectivity index (χ1) is 12.4. The first-order valence-electron chi connectivity index (χ1n) is 7.52. The molecular formula is C15H10F6N2O4. The molecule has 146 valence electrons. The minimum Gasteiger partial charge on any atom is -0.404 e. The quantitative estimate of drug-likeness (QED) is 0.615. The molecule has 1 N–H and O–H groups in total. The van der Waals surface area contributed by atoms with Crippen molar-refractivity contribution in [3.63, 3.8) is 0 Å². The fourth-order valence-corrected chi connectivity index (χ4v) is 3.06. The number of piperidine rings is 1. The van der Waals surface area contributed by atoms with Crippen molar-refractivity contribution in [2.45, 2.75) is 38.0 Å². The molecule has 0 aromatic heterocycles. The van der Waals surface area contributed by atoms with E-state index in [4.69, 9.17) is 0 Å². The number of amides is 3. The highest BCUT2D eigenvalue weighted by molar-refractivity contribution is 6.06. The number of rotatable bonds is 2. The molecule has 0 aliphatic carbocycles. The summed E-state index contributed by atoms with van der Waals surface area (Å²) in [6.45, 7) is -0.382. The van der Waals surface area contributed by atoms with Crippen molar-refractivity contribution < 1.29 is 45.5 Å². The molecule has 27 heavy (non-hydrogen) atoms. The molecule has 3 rings (SSSR count). The molecule has 3 amide bonds. The Morgan fingerprint density at radius 3 is 2.30 bits per heavy atom. The predicted octanol–water partition coefficient (Wildman–Crippen LogP) is 2.36. The molecule has 1 atom stereocenters. The van der Waals surface area contributed by atoms with Gasteiger partial charge in [0.1, 0.15) is 6.04 Å². The van der Waals surface area contributed by atoms with Gasteiger partial charge in [0, 0.05) is 13.0 Å². The largest absolute Gasteiger partial charge is 0.573 e. The summed E-state index contributed by atoms with van der Waals surface area (Å²) < 4.78 is 80.8. The van der Waals surface area contributed by atoms with E-state index in [9.17, 15) is 40.7 Å². The average Bonchev–Trinajstić information content (AvgIpc) is 2.82. The van der Waals surface area contributed by atoms with Crippen molar-refractivity contribution >= 4 is 17.7 Å². The van der Waals surface area contributed by atoms with Crippen molar-refractivity contribution in [1.29, 1.82) is 0 Å². The van der Waals surface area contributed by atoms with Gasteiger partial charge in [-0.1, -0.05) is 6.07 Å². The molecule has 1 aromatic rings. The van der Waals surface area contributed by atoms with Crippen LogP contribution in [0.1, 0.15) is 34.3 Å². The molecule has 1 fully saturated rings. The van der Waals surface area contributed by atoms with Crippen molar-refractivity contribution in [3.05, 3.63) is 28.8 Å². The summed E-state index contributed by atoms with van der Waals surface area (Å²) in [4.78, 5) is 36.5. The molecule has 2 aliphatic rings. The Balaban J connectivity index is 2.04. The number of ether oxygens (including phenoxy) is 1. The molecular weight excluding hydrogens is 386 g/mol. The van der Waals surface area contributed by atoms with Crippen molar-refractivity contribution in [2.24, 2.45) is 0 Å². The van der Waals surface area contributed by atoms with Crippen LogP contribution < -0.4 is 10.1 Å². The Morgan fingerprint density at radius 2 is 1.74 bits per heavy atom. The number of halogens is 6. The third kappa shape index (κ3) is 3.55. The van der Waals surface area contributed by atoms with Gasteiger partial charge in [-0.05, 0) is 18.1 Å². The van der Waals surface area contributed by atoms with E-state index in [-0.39, 0.29) is 24.9 Å². The van der Waals surface area contributed by atoms with Crippen LogP contribution in [0.5, 0.6) is 5.75 Å². The van der Waals surface area contributed by atoms with Gasteiger partial charge in [0.15, 0.2) is 5.75 Å². The van der Waals surface area contributed by atoms with Crippen molar-refractivity contribution in [2.75, 3.05) is 0 Å². The maximum absolute atomic E-state index is 13.1. The van der Waals surface area contributed by atoms with Gasteiger partial charge in [0.2, 0.25) is 11.8 Å². The van der Waals surface area contributed by atoms with E-state index in [1.165, 1.54) is 0 Å². The topological polar surface area (TPSA) is 75.7 Å². The molecule has 0 spiro atoms. The lowest BCUT2D eigenvalue weighted by Gasteiger charge is -2.29. The third-order valence-corrected chi connectivity index (χ3v) is 4.17. The monoisotopic (exact) mass is 396 g/mol. The number of alkyl halides is 6. The number of nitrogens with zero attached hydrogens (tertiary/aromatic N) is 1. The van der Waals surface area contributed by atoms with E-state index < -0.39 is 53.2 Å². The maximum Gasteiger partial charge on any atom is 0.573 e. The number of nitrogens with one attached hydrogen (secondary N) is 1. The molecule has 0 saturated carbocycles. The lowest BCUT2D eigenvalue weighted by atomic mass is 10.0. The average molecular weight is 396 g/mol. The van der Waals surface area contributed by atoms with Crippen LogP contribution in [0.15, 0.2) is 12.1 Å². The highest BCUT2D eigenvalue weighted by atomic mass is 19.4. The van der Waals surface area contributed by atoms with E-state index in [0.29, 0.717) is 6.07 Å². The molecule has 2 aliphatic heterocycles. The molecule has 12 heteroatoms. The highest BCUT2D eigenvalue weighted by Crippen LogP contribution is 2.44. The zero-order valence-electron chi connectivity index (χ0n) is 13.2. The minimum atomic E-state index is -5.46. The molecule has 1 saturated heterocycles. The van der Waals surface area contributed by atoms with E-state index in [1.54, 1.807) is 0 Å². The molecule has 0 radical (unpaired) electrons. The second kappa shape index (κ2) is 6.13. The zero-order chi connectivity index (χ0) is 20.1. The fraction of sp³-hybridized carbons (Fsp3) is 0.400. The lowest BCUT2D eigenvalue weighted by molar-refractivity contribution is -0.276. The number of fused-ring (bicyclic) bond motifs is 1. The van der Waals surface area contributed by atoms with Gasteiger partial charge in [-0.15, -0.1) is 13.2 Å². The Hall–Kier alpha value is -2.79. The van der Waals surface area contributed by atoms with Crippen LogP contribution in [-0.2, 0) is 22.3 Å². The molecule has 1 unspecified atom stereocenters. The summed E-state index contributed by atoms with van der Waals surface area (Å²) in [5.74, 6) is -4.28. The summed E-state index contributed by atoms with van der Waals surface area (Å²) >= 11 is 0. The van der Waals surface area contributed by atoms with Gasteiger partial charge in [0.05, 0.1) is 11.1 Å². The summed E-state index contributed by atoms with van der Waals surface area (Å²) in [5.41, 5.74) is -2.79. The number of carbonyl (C=O) groups excluding carboxylic acids is 3. The Kier molecular flexibility index (Phi) is 4.31. The van der Waals surface area contributed by atoms with Gasteiger partial charge in [0.25, 0.3) is 5.91 Å². The maximum atomic E-state index is 13.1. The van der Waals surface area contributed by atoms with E-state index in [1.807, 2.05) is 5.32 Å². The molecule has 2 heterocycles. The van der Waals surface area contributed by atoms with Gasteiger partial charge >= 0.3 is 12.5 Å². The Bertz CT molecular complexity index is 833. The zero-order valence-corrected chi connectivity index (χ0v) is 13.2. The van der Waals surface area contributed by atoms with Crippen molar-refractivity contribution in [1.82, 2.24) is 10.2 Å². The van der Waals surface area contributed by atoms with E-state index in [2.05, 4.69) is 4.74 Å². The summed E-state index contributed by atoms with van der Waals surface area (Å²) in [6.07, 6.45) is -10.9. The summed E-state index contributed by atoms with van der Waals surface area (Å²) in [6, 6.07) is 0.0717. The van der Waals surface area contributed by atoms with Crippen LogP contribution in [0.3, 0.4) is 0 Å². The van der Waals surface area contributed by atoms with Gasteiger partial charge < -0.3 is 9.64 Å². The normalized spacial score (nSPS) is 20.6. The molecule has 1 aromatic carbocycles. The predicted molar refractivity (Wildman–Crippen MR) is 74.2 cm³/mol. The second-order valence-corrected chi connectivity index (χ2v) is 5.92. The fourth-order valence-electron chi connectivity index (χ4n) is 3.06. The van der Waals surface area contributed by atoms with Gasteiger partial charge in [-0.25, -0.2) is 0 Å². The number of hydrogen-bond acceptors (Lipinski definition) is 4. The Morgan fingerprint density at radius 1 is 1.07 bits per heavy atom. The Labute approximate surface area is 147 Å². The molecule has 0 bridgehead atoms. The number of imide groups is 1. The highest BCUT2D eigenvalue weighted by Gasteiger charge is 2.46. The number of benzene rings is 1. The van der Waals surface area contributed by atoms with Crippen LogP contribution in [-0.4, -0.2) is 35.0 Å². The van der Waals surface area contributed by atoms with Crippen LogP contribution in [0.2, 0.25) is 0 Å². The summed E-state index contributed by atoms with van der Waals surface area (Å²) in [5, 5.41) is 1.98. The van der Waals surface area contributed by atoms with Crippen LogP contribution in [0, 0.1) is 0 Å². The van der Waals surface area contributed by atoms with E-state index in [0.717, 1.165) is 11.0 Å². The van der Waals surface area contributed by atoms with Crippen LogP contribution in [0.25, 0.3) is 0 Å². The third-order valence-electron chi connectivity index (χ3n) is 4.17. The SMILES string of the molecule is O=C1CCC(N2Cc3ccc(C(F)(F)F)c(OC(F)(F)F)c3C2=O)C(=O)N1. The first-order valence-corrected chi connectivity index (χ1v) is 7.52. The first kappa shape index (κ1) is 19.0. The molecule has 6 nitrogen and oxygen atoms in total. The lowest BCUT2D eigenvalue weighted by Crippen LogP contribution is -2.52. The van der Waals surface area contributed by atoms with Crippen LogP contribution >= 0.6 is 0 Å². The minimum absolute atomic E-state index is 0.0913. The number of hydrogen-bond donors (Lipinski definition) is 1. The standard InChI is InChI=1S/C15H10F6N2O4/c16-14(17,18)7-2-1-6-5-23(8-3-4-9(24)22-12(8)25)13(26)10(6)11(7)27-15(19,20)21/h1-2,8H,3-5H2,(H,22,24,25). The van der Waals surface area contributed by atoms with Gasteiger partial charge in [-0.2, -0.15) is 13.2 Å². The smallest absolute Gasteiger partial charge is 0.404 e. The van der Waals surface area contributed by atoms with Crippen LogP contribution in [0.4, 0.5) is 26.3 Å². The number of carbonyl (C=O) groups is 3. The summed E-state index contributed by atoms with van der Waals surface area (Å²) in [7, 11) is 0.